The fourth-order valence-electron chi connectivity index (χ4n) is 4.21. The third-order valence-corrected chi connectivity index (χ3v) is 7.96. The van der Waals surface area contributed by atoms with E-state index in [1.807, 2.05) is 13.0 Å². The predicted octanol–water partition coefficient (Wildman–Crippen LogP) is 4.19. The summed E-state index contributed by atoms with van der Waals surface area (Å²) in [5.41, 5.74) is 2.77. The first-order valence-electron chi connectivity index (χ1n) is 10.8. The van der Waals surface area contributed by atoms with Crippen LogP contribution in [0.1, 0.15) is 33.1 Å². The van der Waals surface area contributed by atoms with Crippen LogP contribution in [0.5, 0.6) is 17.2 Å². The van der Waals surface area contributed by atoms with Gasteiger partial charge in [0.25, 0.3) is 0 Å². The molecule has 0 amide bonds. The minimum absolute atomic E-state index is 0.148. The summed E-state index contributed by atoms with van der Waals surface area (Å²) in [5.74, 6) is 1.25. The van der Waals surface area contributed by atoms with Crippen LogP contribution in [0.4, 0.5) is 0 Å². The zero-order valence-corrected chi connectivity index (χ0v) is 20.4. The molecule has 34 heavy (non-hydrogen) atoms. The first-order valence-corrected chi connectivity index (χ1v) is 12.3. The van der Waals surface area contributed by atoms with Gasteiger partial charge >= 0.3 is 0 Å². The van der Waals surface area contributed by atoms with Crippen LogP contribution in [0.3, 0.4) is 0 Å². The second kappa shape index (κ2) is 9.48. The molecular formula is C26H27NO6S. The van der Waals surface area contributed by atoms with Crippen molar-refractivity contribution in [2.24, 2.45) is 0 Å². The van der Waals surface area contributed by atoms with Gasteiger partial charge in [-0.1, -0.05) is 17.7 Å². The van der Waals surface area contributed by atoms with Crippen LogP contribution in [0.15, 0.2) is 65.6 Å². The first kappa shape index (κ1) is 23.8. The fraction of sp³-hybridized carbons (Fsp3) is 0.269. The molecule has 0 fully saturated rings. The number of benzene rings is 3. The Balaban J connectivity index is 1.87. The Morgan fingerprint density at radius 2 is 1.50 bits per heavy atom. The number of fused-ring (bicyclic) bond motifs is 1. The van der Waals surface area contributed by atoms with Gasteiger partial charge in [0, 0.05) is 12.1 Å². The number of nitrogens with zero attached hydrogens (tertiary/aromatic N) is 1. The maximum atomic E-state index is 13.8. The van der Waals surface area contributed by atoms with Gasteiger partial charge in [0.1, 0.15) is 11.8 Å². The topological polar surface area (TPSA) is 82.1 Å². The number of rotatable bonds is 7. The number of carbonyl (C=O) groups is 1. The molecule has 4 rings (SSSR count). The van der Waals surface area contributed by atoms with Gasteiger partial charge in [0.2, 0.25) is 10.0 Å². The number of hydrogen-bond acceptors (Lipinski definition) is 6. The van der Waals surface area contributed by atoms with Gasteiger partial charge in [0.15, 0.2) is 17.3 Å². The minimum atomic E-state index is -3.96. The predicted molar refractivity (Wildman–Crippen MR) is 128 cm³/mol. The van der Waals surface area contributed by atoms with Crippen molar-refractivity contribution in [3.05, 3.63) is 82.9 Å². The van der Waals surface area contributed by atoms with Gasteiger partial charge in [-0.2, -0.15) is 4.31 Å². The molecule has 1 unspecified atom stereocenters. The summed E-state index contributed by atoms with van der Waals surface area (Å²) < 4.78 is 44.8. The molecule has 0 saturated heterocycles. The van der Waals surface area contributed by atoms with Gasteiger partial charge in [0.05, 0.1) is 26.2 Å². The van der Waals surface area contributed by atoms with Crippen molar-refractivity contribution < 1.29 is 27.4 Å². The van der Waals surface area contributed by atoms with Crippen LogP contribution in [0, 0.1) is 6.92 Å². The van der Waals surface area contributed by atoms with E-state index in [-0.39, 0.29) is 17.2 Å². The van der Waals surface area contributed by atoms with E-state index in [4.69, 9.17) is 14.2 Å². The van der Waals surface area contributed by atoms with E-state index in [9.17, 15) is 13.2 Å². The average Bonchev–Trinajstić information content (AvgIpc) is 2.86. The zero-order chi connectivity index (χ0) is 24.5. The van der Waals surface area contributed by atoms with Crippen molar-refractivity contribution in [3.63, 3.8) is 0 Å². The highest BCUT2D eigenvalue weighted by molar-refractivity contribution is 7.89. The number of ether oxygens (including phenoxy) is 3. The molecule has 0 aliphatic carbocycles. The Labute approximate surface area is 199 Å². The van der Waals surface area contributed by atoms with Crippen LogP contribution in [0.25, 0.3) is 0 Å². The molecule has 3 aromatic carbocycles. The van der Waals surface area contributed by atoms with Crippen molar-refractivity contribution >= 4 is 15.8 Å². The quantitative estimate of drug-likeness (QED) is 0.471. The van der Waals surface area contributed by atoms with E-state index >= 15 is 0 Å². The molecule has 0 saturated carbocycles. The van der Waals surface area contributed by atoms with E-state index in [2.05, 4.69) is 0 Å². The van der Waals surface area contributed by atoms with Crippen molar-refractivity contribution in [2.45, 2.75) is 24.3 Å². The molecule has 1 aliphatic heterocycles. The summed E-state index contributed by atoms with van der Waals surface area (Å²) in [6.45, 7) is 2.05. The van der Waals surface area contributed by atoms with Crippen LogP contribution < -0.4 is 14.2 Å². The maximum Gasteiger partial charge on any atom is 0.244 e. The molecule has 0 spiro atoms. The smallest absolute Gasteiger partial charge is 0.244 e. The second-order valence-electron chi connectivity index (χ2n) is 8.08. The molecule has 3 aromatic rings. The molecule has 0 bridgehead atoms. The number of methoxy groups -OCH3 is 3. The summed E-state index contributed by atoms with van der Waals surface area (Å²) in [5, 5.41) is 0. The molecule has 1 atom stereocenters. The Morgan fingerprint density at radius 1 is 0.882 bits per heavy atom. The summed E-state index contributed by atoms with van der Waals surface area (Å²) in [4.78, 5) is 14.0. The summed E-state index contributed by atoms with van der Waals surface area (Å²) in [7, 11) is 0.640. The van der Waals surface area contributed by atoms with E-state index in [1.165, 1.54) is 11.4 Å². The third kappa shape index (κ3) is 4.26. The summed E-state index contributed by atoms with van der Waals surface area (Å²) in [6, 6.07) is 15.8. The normalized spacial score (nSPS) is 15.9. The van der Waals surface area contributed by atoms with Gasteiger partial charge in [-0.3, -0.25) is 4.79 Å². The largest absolute Gasteiger partial charge is 0.497 e. The lowest BCUT2D eigenvalue weighted by atomic mass is 9.89. The second-order valence-corrected chi connectivity index (χ2v) is 9.97. The number of hydrogen-bond donors (Lipinski definition) is 0. The van der Waals surface area contributed by atoms with E-state index in [0.29, 0.717) is 34.8 Å². The van der Waals surface area contributed by atoms with Crippen LogP contribution in [-0.2, 0) is 16.4 Å². The van der Waals surface area contributed by atoms with Gasteiger partial charge in [-0.25, -0.2) is 8.42 Å². The van der Waals surface area contributed by atoms with Crippen molar-refractivity contribution in [1.29, 1.82) is 0 Å². The molecule has 7 nitrogen and oxygen atoms in total. The molecule has 1 aliphatic rings. The van der Waals surface area contributed by atoms with E-state index < -0.39 is 16.1 Å². The third-order valence-electron chi connectivity index (χ3n) is 6.08. The van der Waals surface area contributed by atoms with Crippen LogP contribution >= 0.6 is 0 Å². The number of sulfonamides is 1. The van der Waals surface area contributed by atoms with Crippen molar-refractivity contribution in [2.75, 3.05) is 27.9 Å². The molecule has 1 heterocycles. The zero-order valence-electron chi connectivity index (χ0n) is 19.6. The number of ketones is 1. The Kier molecular flexibility index (Phi) is 6.63. The number of carbonyl (C=O) groups excluding carboxylic acids is 1. The van der Waals surface area contributed by atoms with Crippen molar-refractivity contribution in [1.82, 2.24) is 4.31 Å². The molecular weight excluding hydrogens is 454 g/mol. The molecule has 8 heteroatoms. The fourth-order valence-corrected chi connectivity index (χ4v) is 5.78. The maximum absolute atomic E-state index is 13.8. The Hall–Kier alpha value is -3.36. The number of aryl methyl sites for hydroxylation is 1. The van der Waals surface area contributed by atoms with E-state index in [1.54, 1.807) is 68.8 Å². The Morgan fingerprint density at radius 3 is 2.09 bits per heavy atom. The molecule has 178 valence electrons. The minimum Gasteiger partial charge on any atom is -0.497 e. The van der Waals surface area contributed by atoms with Gasteiger partial charge in [-0.05, 0) is 73.0 Å². The Bertz CT molecular complexity index is 1300. The average molecular weight is 482 g/mol. The molecule has 0 radical (unpaired) electrons. The van der Waals surface area contributed by atoms with Crippen LogP contribution in [0.2, 0.25) is 0 Å². The lowest BCUT2D eigenvalue weighted by Gasteiger charge is -2.36. The molecule has 0 aromatic heterocycles. The SMILES string of the molecule is COc1ccc(C(=O)C2c3cc(OC)c(OC)cc3CCN2S(=O)(=O)c2ccc(C)cc2)cc1. The van der Waals surface area contributed by atoms with E-state index in [0.717, 1.165) is 11.1 Å². The highest BCUT2D eigenvalue weighted by Gasteiger charge is 2.41. The lowest BCUT2D eigenvalue weighted by Crippen LogP contribution is -2.43. The molecule has 0 N–H and O–H groups in total. The highest BCUT2D eigenvalue weighted by atomic mass is 32.2. The highest BCUT2D eigenvalue weighted by Crippen LogP contribution is 2.41. The monoisotopic (exact) mass is 481 g/mol. The van der Waals surface area contributed by atoms with Crippen LogP contribution in [-0.4, -0.2) is 46.4 Å². The first-order chi connectivity index (χ1) is 16.3. The summed E-state index contributed by atoms with van der Waals surface area (Å²) >= 11 is 0. The van der Waals surface area contributed by atoms with Crippen molar-refractivity contribution in [3.8, 4) is 17.2 Å². The van der Waals surface area contributed by atoms with Gasteiger partial charge in [-0.15, -0.1) is 0 Å². The van der Waals surface area contributed by atoms with Gasteiger partial charge < -0.3 is 14.2 Å². The lowest BCUT2D eigenvalue weighted by molar-refractivity contribution is 0.0886. The number of Topliss-reactive ketones (excluding diaryl/α,β-unsaturated/α-hetero) is 1. The summed E-state index contributed by atoms with van der Waals surface area (Å²) in [6.07, 6.45) is 0.438. The standard InChI is InChI=1S/C26H27NO6S/c1-17-5-11-21(12-6-17)34(29,30)27-14-13-19-15-23(32-3)24(33-4)16-22(19)25(27)26(28)18-7-9-20(31-2)10-8-18/h5-12,15-16,25H,13-14H2,1-4H3.